The first-order chi connectivity index (χ1) is 7.30. The summed E-state index contributed by atoms with van der Waals surface area (Å²) in [5, 5.41) is 0.117. The molecule has 3 heteroatoms. The summed E-state index contributed by atoms with van der Waals surface area (Å²) in [6.45, 7) is 5.66. The zero-order chi connectivity index (χ0) is 12.3. The van der Waals surface area contributed by atoms with Crippen LogP contribution in [0, 0.1) is 11.2 Å². The van der Waals surface area contributed by atoms with Crippen molar-refractivity contribution in [2.45, 2.75) is 33.6 Å². The predicted molar refractivity (Wildman–Crippen MR) is 64.2 cm³/mol. The number of carbonyl (C=O) groups excluding carboxylic acids is 1. The van der Waals surface area contributed by atoms with Crippen LogP contribution in [0.4, 0.5) is 4.39 Å². The predicted octanol–water partition coefficient (Wildman–Crippen LogP) is 4.03. The van der Waals surface area contributed by atoms with E-state index in [-0.39, 0.29) is 16.2 Å². The van der Waals surface area contributed by atoms with E-state index in [1.165, 1.54) is 12.1 Å². The third-order valence-electron chi connectivity index (χ3n) is 2.46. The molecule has 0 aliphatic carbocycles. The van der Waals surface area contributed by atoms with Crippen molar-refractivity contribution in [1.82, 2.24) is 0 Å². The maximum absolute atomic E-state index is 13.1. The van der Waals surface area contributed by atoms with Gasteiger partial charge in [-0.2, -0.15) is 0 Å². The molecular formula is C13H16ClFO. The molecule has 1 nitrogen and oxygen atoms in total. The SMILES string of the molecule is CC(C)(C)C(=O)CCc1ccc(Cl)c(F)c1. The minimum absolute atomic E-state index is 0.117. The summed E-state index contributed by atoms with van der Waals surface area (Å²) >= 11 is 5.57. The topological polar surface area (TPSA) is 17.1 Å². The number of Topliss-reactive ketones (excluding diaryl/α,β-unsaturated/α-hetero) is 1. The van der Waals surface area contributed by atoms with Crippen molar-refractivity contribution in [3.63, 3.8) is 0 Å². The lowest BCUT2D eigenvalue weighted by Gasteiger charge is -2.16. The third kappa shape index (κ3) is 3.60. The summed E-state index contributed by atoms with van der Waals surface area (Å²) in [5.41, 5.74) is 0.477. The van der Waals surface area contributed by atoms with E-state index in [4.69, 9.17) is 11.6 Å². The molecule has 0 amide bonds. The lowest BCUT2D eigenvalue weighted by atomic mass is 9.87. The van der Waals surface area contributed by atoms with Crippen molar-refractivity contribution in [3.05, 3.63) is 34.6 Å². The van der Waals surface area contributed by atoms with Crippen LogP contribution in [0.25, 0.3) is 0 Å². The largest absolute Gasteiger partial charge is 0.299 e. The second kappa shape index (κ2) is 4.96. The summed E-state index contributed by atoms with van der Waals surface area (Å²) in [7, 11) is 0. The Labute approximate surface area is 101 Å². The normalized spacial score (nSPS) is 11.6. The van der Waals surface area contributed by atoms with Gasteiger partial charge in [-0.15, -0.1) is 0 Å². The van der Waals surface area contributed by atoms with Gasteiger partial charge in [0, 0.05) is 11.8 Å². The molecule has 0 radical (unpaired) electrons. The number of aryl methyl sites for hydroxylation is 1. The summed E-state index contributed by atoms with van der Waals surface area (Å²) < 4.78 is 13.1. The maximum Gasteiger partial charge on any atom is 0.142 e. The molecule has 16 heavy (non-hydrogen) atoms. The van der Waals surface area contributed by atoms with E-state index in [0.717, 1.165) is 5.56 Å². The van der Waals surface area contributed by atoms with Crippen LogP contribution in [0.3, 0.4) is 0 Å². The Balaban J connectivity index is 2.62. The van der Waals surface area contributed by atoms with Crippen LogP contribution in [-0.2, 0) is 11.2 Å². The fourth-order valence-electron chi connectivity index (χ4n) is 1.33. The Morgan fingerprint density at radius 3 is 2.50 bits per heavy atom. The van der Waals surface area contributed by atoms with Crippen LogP contribution in [0.1, 0.15) is 32.8 Å². The number of carbonyl (C=O) groups is 1. The molecule has 0 aliphatic rings. The Bertz CT molecular complexity index is 393. The monoisotopic (exact) mass is 242 g/mol. The number of rotatable bonds is 3. The molecule has 0 heterocycles. The highest BCUT2D eigenvalue weighted by atomic mass is 35.5. The van der Waals surface area contributed by atoms with Crippen molar-refractivity contribution in [3.8, 4) is 0 Å². The number of hydrogen-bond donors (Lipinski definition) is 0. The van der Waals surface area contributed by atoms with Gasteiger partial charge in [0.15, 0.2) is 0 Å². The van der Waals surface area contributed by atoms with E-state index >= 15 is 0 Å². The summed E-state index contributed by atoms with van der Waals surface area (Å²) in [4.78, 5) is 11.7. The molecule has 0 saturated carbocycles. The quantitative estimate of drug-likeness (QED) is 0.782. The summed E-state index contributed by atoms with van der Waals surface area (Å²) in [6.07, 6.45) is 0.995. The molecule has 1 aromatic carbocycles. The van der Waals surface area contributed by atoms with Gasteiger partial charge in [0.1, 0.15) is 11.6 Å². The van der Waals surface area contributed by atoms with Crippen molar-refractivity contribution in [2.24, 2.45) is 5.41 Å². The van der Waals surface area contributed by atoms with E-state index in [9.17, 15) is 9.18 Å². The molecule has 1 aromatic rings. The standard InChI is InChI=1S/C13H16ClFO/c1-13(2,3)12(16)7-5-9-4-6-10(14)11(15)8-9/h4,6,8H,5,7H2,1-3H3. The first kappa shape index (κ1) is 13.2. The number of benzene rings is 1. The van der Waals surface area contributed by atoms with Gasteiger partial charge in [0.2, 0.25) is 0 Å². The molecule has 0 unspecified atom stereocenters. The third-order valence-corrected chi connectivity index (χ3v) is 2.77. The zero-order valence-corrected chi connectivity index (χ0v) is 10.6. The molecule has 0 fully saturated rings. The Hall–Kier alpha value is -0.890. The van der Waals surface area contributed by atoms with Crippen molar-refractivity contribution in [1.29, 1.82) is 0 Å². The van der Waals surface area contributed by atoms with Gasteiger partial charge >= 0.3 is 0 Å². The number of ketones is 1. The first-order valence-corrected chi connectivity index (χ1v) is 5.66. The van der Waals surface area contributed by atoms with Crippen LogP contribution in [0.2, 0.25) is 5.02 Å². The average molecular weight is 243 g/mol. The molecule has 0 aliphatic heterocycles. The van der Waals surface area contributed by atoms with Gasteiger partial charge in [-0.3, -0.25) is 4.79 Å². The van der Waals surface area contributed by atoms with E-state index < -0.39 is 5.82 Å². The average Bonchev–Trinajstić information content (AvgIpc) is 2.18. The number of halogens is 2. The lowest BCUT2D eigenvalue weighted by molar-refractivity contribution is -0.126. The lowest BCUT2D eigenvalue weighted by Crippen LogP contribution is -2.20. The van der Waals surface area contributed by atoms with Crippen LogP contribution in [-0.4, -0.2) is 5.78 Å². The van der Waals surface area contributed by atoms with E-state index in [2.05, 4.69) is 0 Å². The fraction of sp³-hybridized carbons (Fsp3) is 0.462. The van der Waals surface area contributed by atoms with Gasteiger partial charge in [0.25, 0.3) is 0 Å². The fourth-order valence-corrected chi connectivity index (χ4v) is 1.45. The van der Waals surface area contributed by atoms with E-state index in [1.54, 1.807) is 6.07 Å². The van der Waals surface area contributed by atoms with E-state index in [0.29, 0.717) is 12.8 Å². The minimum Gasteiger partial charge on any atom is -0.299 e. The summed E-state index contributed by atoms with van der Waals surface area (Å²) in [5.74, 6) is -0.245. The van der Waals surface area contributed by atoms with Gasteiger partial charge < -0.3 is 0 Å². The minimum atomic E-state index is -0.428. The molecule has 0 saturated heterocycles. The Morgan fingerprint density at radius 1 is 1.38 bits per heavy atom. The van der Waals surface area contributed by atoms with Crippen LogP contribution in [0.5, 0.6) is 0 Å². The molecule has 1 rings (SSSR count). The van der Waals surface area contributed by atoms with Gasteiger partial charge in [0.05, 0.1) is 5.02 Å². The second-order valence-corrected chi connectivity index (χ2v) is 5.33. The van der Waals surface area contributed by atoms with E-state index in [1.807, 2.05) is 20.8 Å². The van der Waals surface area contributed by atoms with Gasteiger partial charge in [-0.1, -0.05) is 38.4 Å². The summed E-state index contributed by atoms with van der Waals surface area (Å²) in [6, 6.07) is 4.66. The van der Waals surface area contributed by atoms with Gasteiger partial charge in [-0.25, -0.2) is 4.39 Å². The van der Waals surface area contributed by atoms with Crippen molar-refractivity contribution >= 4 is 17.4 Å². The highest BCUT2D eigenvalue weighted by molar-refractivity contribution is 6.30. The molecule has 88 valence electrons. The molecular weight excluding hydrogens is 227 g/mol. The zero-order valence-electron chi connectivity index (χ0n) is 9.81. The molecule has 0 bridgehead atoms. The second-order valence-electron chi connectivity index (χ2n) is 4.92. The van der Waals surface area contributed by atoms with Crippen LogP contribution < -0.4 is 0 Å². The highest BCUT2D eigenvalue weighted by Gasteiger charge is 2.20. The maximum atomic E-state index is 13.1. The number of hydrogen-bond acceptors (Lipinski definition) is 1. The first-order valence-electron chi connectivity index (χ1n) is 5.28. The Kier molecular flexibility index (Phi) is 4.09. The Morgan fingerprint density at radius 2 is 2.00 bits per heavy atom. The van der Waals surface area contributed by atoms with Crippen molar-refractivity contribution < 1.29 is 9.18 Å². The van der Waals surface area contributed by atoms with Crippen LogP contribution >= 0.6 is 11.6 Å². The molecule has 0 spiro atoms. The smallest absolute Gasteiger partial charge is 0.142 e. The molecule has 0 atom stereocenters. The highest BCUT2D eigenvalue weighted by Crippen LogP contribution is 2.20. The van der Waals surface area contributed by atoms with Gasteiger partial charge in [-0.05, 0) is 24.1 Å². The van der Waals surface area contributed by atoms with Crippen molar-refractivity contribution in [2.75, 3.05) is 0 Å². The molecule has 0 aromatic heterocycles. The van der Waals surface area contributed by atoms with Crippen LogP contribution in [0.15, 0.2) is 18.2 Å². The molecule has 0 N–H and O–H groups in total.